The van der Waals surface area contributed by atoms with Crippen molar-refractivity contribution in [3.05, 3.63) is 69.8 Å². The highest BCUT2D eigenvalue weighted by Crippen LogP contribution is 2.28. The number of aryl methyl sites for hydroxylation is 1. The Morgan fingerprint density at radius 3 is 2.26 bits per heavy atom. The molecule has 0 fully saturated rings. The van der Waals surface area contributed by atoms with Crippen LogP contribution in [0.5, 0.6) is 0 Å². The Bertz CT molecular complexity index is 1020. The van der Waals surface area contributed by atoms with Crippen molar-refractivity contribution >= 4 is 21.7 Å². The van der Waals surface area contributed by atoms with Crippen LogP contribution >= 0.6 is 0 Å². The molecule has 8 nitrogen and oxygen atoms in total. The molecule has 31 heavy (non-hydrogen) atoms. The van der Waals surface area contributed by atoms with Crippen molar-refractivity contribution in [2.45, 2.75) is 51.6 Å². The van der Waals surface area contributed by atoms with Gasteiger partial charge in [-0.3, -0.25) is 14.9 Å². The van der Waals surface area contributed by atoms with E-state index in [1.807, 2.05) is 38.1 Å². The highest BCUT2D eigenvalue weighted by molar-refractivity contribution is 7.89. The number of carbonyl (C=O) groups is 1. The van der Waals surface area contributed by atoms with Gasteiger partial charge < -0.3 is 4.74 Å². The van der Waals surface area contributed by atoms with Gasteiger partial charge in [-0.25, -0.2) is 8.42 Å². The average molecular weight is 449 g/mol. The molecule has 9 heteroatoms. The first-order chi connectivity index (χ1) is 14.6. The number of non-ortho nitro benzene ring substituents is 1. The van der Waals surface area contributed by atoms with Crippen LogP contribution in [-0.4, -0.2) is 36.3 Å². The van der Waals surface area contributed by atoms with E-state index in [4.69, 9.17) is 4.74 Å². The molecule has 0 aliphatic carbocycles. The van der Waals surface area contributed by atoms with Gasteiger partial charge in [0.2, 0.25) is 10.0 Å². The number of nitro benzene ring substituents is 1. The van der Waals surface area contributed by atoms with Crippen LogP contribution in [0.4, 0.5) is 5.69 Å². The van der Waals surface area contributed by atoms with E-state index in [2.05, 4.69) is 0 Å². The maximum atomic E-state index is 13.6. The number of sulfonamides is 1. The molecule has 0 heterocycles. The highest BCUT2D eigenvalue weighted by atomic mass is 32.2. The number of rotatable bonds is 10. The molecule has 2 atom stereocenters. The number of ether oxygens (including phenoxy) is 1. The molecular weight excluding hydrogens is 420 g/mol. The molecule has 0 bridgehead atoms. The third-order valence-electron chi connectivity index (χ3n) is 5.26. The fourth-order valence-corrected chi connectivity index (χ4v) is 4.90. The smallest absolute Gasteiger partial charge is 0.324 e. The lowest BCUT2D eigenvalue weighted by Gasteiger charge is -2.33. The molecule has 2 aromatic rings. The molecule has 0 aliphatic rings. The zero-order chi connectivity index (χ0) is 23.2. The molecule has 2 unspecified atom stereocenters. The minimum absolute atomic E-state index is 0.0280. The minimum atomic E-state index is -4.17. The van der Waals surface area contributed by atoms with Crippen LogP contribution in [0.1, 0.15) is 38.3 Å². The number of esters is 1. The fraction of sp³-hybridized carbons (Fsp3) is 0.409. The van der Waals surface area contributed by atoms with Crippen LogP contribution in [0.3, 0.4) is 0 Å². The molecule has 0 N–H and O–H groups in total. The summed E-state index contributed by atoms with van der Waals surface area (Å²) in [4.78, 5) is 23.1. The third kappa shape index (κ3) is 5.68. The Morgan fingerprint density at radius 2 is 1.74 bits per heavy atom. The molecular formula is C22H28N2O6S. The summed E-state index contributed by atoms with van der Waals surface area (Å²) in [6, 6.07) is 11.0. The van der Waals surface area contributed by atoms with Crippen LogP contribution in [0, 0.1) is 23.0 Å². The summed E-state index contributed by atoms with van der Waals surface area (Å²) in [5.74, 6) is -0.924. The van der Waals surface area contributed by atoms with Gasteiger partial charge in [-0.15, -0.1) is 0 Å². The molecule has 0 aliphatic heterocycles. The Hall–Kier alpha value is -2.78. The van der Waals surface area contributed by atoms with Crippen molar-refractivity contribution < 1.29 is 22.9 Å². The largest absolute Gasteiger partial charge is 0.465 e. The van der Waals surface area contributed by atoms with Gasteiger partial charge >= 0.3 is 5.97 Å². The van der Waals surface area contributed by atoms with E-state index in [9.17, 15) is 23.3 Å². The zero-order valence-electron chi connectivity index (χ0n) is 18.1. The number of hydrogen-bond donors (Lipinski definition) is 0. The van der Waals surface area contributed by atoms with Gasteiger partial charge in [0.25, 0.3) is 5.69 Å². The standard InChI is InChI=1S/C22H28N2O6S/c1-5-16(3)21(22(25)30-6-2)23(15-18-10-8-7-9-17(18)4)31(28,29)20-13-11-19(12-14-20)24(26)27/h7-14,16,21H,5-6,15H2,1-4H3. The van der Waals surface area contributed by atoms with E-state index in [1.165, 1.54) is 12.1 Å². The lowest BCUT2D eigenvalue weighted by atomic mass is 9.98. The Labute approximate surface area is 183 Å². The SMILES string of the molecule is CCOC(=O)C(C(C)CC)N(Cc1ccccc1C)S(=O)(=O)c1ccc([N+](=O)[O-])cc1. The Balaban J connectivity index is 2.62. The summed E-state index contributed by atoms with van der Waals surface area (Å²) in [6.45, 7) is 7.32. The number of carbonyl (C=O) groups excluding carboxylic acids is 1. The maximum absolute atomic E-state index is 13.6. The average Bonchev–Trinajstić information content (AvgIpc) is 2.74. The second-order valence-corrected chi connectivity index (χ2v) is 9.20. The van der Waals surface area contributed by atoms with E-state index in [0.717, 1.165) is 27.6 Å². The lowest BCUT2D eigenvalue weighted by molar-refractivity contribution is -0.384. The number of benzene rings is 2. The third-order valence-corrected chi connectivity index (χ3v) is 7.10. The Morgan fingerprint density at radius 1 is 1.13 bits per heavy atom. The van der Waals surface area contributed by atoms with Crippen LogP contribution in [0.25, 0.3) is 0 Å². The Kier molecular flexibility index (Phi) is 8.29. The molecule has 2 aromatic carbocycles. The molecule has 168 valence electrons. The van der Waals surface area contributed by atoms with Gasteiger partial charge in [0.1, 0.15) is 6.04 Å². The van der Waals surface area contributed by atoms with Crippen LogP contribution in [0.2, 0.25) is 0 Å². The van der Waals surface area contributed by atoms with Crippen molar-refractivity contribution in [2.24, 2.45) is 5.92 Å². The van der Waals surface area contributed by atoms with E-state index >= 15 is 0 Å². The predicted octanol–water partition coefficient (Wildman–Crippen LogP) is 4.07. The maximum Gasteiger partial charge on any atom is 0.324 e. The number of nitrogens with zero attached hydrogens (tertiary/aromatic N) is 2. The van der Waals surface area contributed by atoms with Crippen molar-refractivity contribution in [3.63, 3.8) is 0 Å². The molecule has 0 aromatic heterocycles. The van der Waals surface area contributed by atoms with Crippen LogP contribution < -0.4 is 0 Å². The first-order valence-corrected chi connectivity index (χ1v) is 11.5. The normalized spacial score (nSPS) is 13.6. The molecule has 0 spiro atoms. The van der Waals surface area contributed by atoms with Crippen molar-refractivity contribution in [1.82, 2.24) is 4.31 Å². The van der Waals surface area contributed by atoms with E-state index in [1.54, 1.807) is 13.8 Å². The number of hydrogen-bond acceptors (Lipinski definition) is 6. The summed E-state index contributed by atoms with van der Waals surface area (Å²) in [7, 11) is -4.17. The molecule has 0 amide bonds. The summed E-state index contributed by atoms with van der Waals surface area (Å²) in [5.41, 5.74) is 1.43. The highest BCUT2D eigenvalue weighted by Gasteiger charge is 2.40. The summed E-state index contributed by atoms with van der Waals surface area (Å²) >= 11 is 0. The zero-order valence-corrected chi connectivity index (χ0v) is 19.0. The van der Waals surface area contributed by atoms with E-state index in [-0.39, 0.29) is 29.7 Å². The fourth-order valence-electron chi connectivity index (χ4n) is 3.25. The lowest BCUT2D eigenvalue weighted by Crippen LogP contribution is -2.49. The van der Waals surface area contributed by atoms with Gasteiger partial charge in [-0.1, -0.05) is 44.5 Å². The van der Waals surface area contributed by atoms with Gasteiger partial charge in [0.15, 0.2) is 0 Å². The molecule has 0 saturated carbocycles. The summed E-state index contributed by atoms with van der Waals surface area (Å²) in [6.07, 6.45) is 0.559. The molecule has 0 radical (unpaired) electrons. The second-order valence-electron chi connectivity index (χ2n) is 7.31. The second kappa shape index (κ2) is 10.5. The van der Waals surface area contributed by atoms with Crippen molar-refractivity contribution in [1.29, 1.82) is 0 Å². The topological polar surface area (TPSA) is 107 Å². The summed E-state index contributed by atoms with van der Waals surface area (Å²) < 4.78 is 33.7. The molecule has 0 saturated heterocycles. The van der Waals surface area contributed by atoms with Gasteiger partial charge in [0.05, 0.1) is 16.4 Å². The summed E-state index contributed by atoms with van der Waals surface area (Å²) in [5, 5.41) is 11.0. The van der Waals surface area contributed by atoms with E-state index in [0.29, 0.717) is 6.42 Å². The van der Waals surface area contributed by atoms with Crippen molar-refractivity contribution in [3.8, 4) is 0 Å². The minimum Gasteiger partial charge on any atom is -0.465 e. The van der Waals surface area contributed by atoms with Gasteiger partial charge in [0, 0.05) is 18.7 Å². The monoisotopic (exact) mass is 448 g/mol. The van der Waals surface area contributed by atoms with Crippen molar-refractivity contribution in [2.75, 3.05) is 6.61 Å². The first kappa shape index (κ1) is 24.5. The van der Waals surface area contributed by atoms with Gasteiger partial charge in [-0.2, -0.15) is 4.31 Å². The van der Waals surface area contributed by atoms with Crippen LogP contribution in [0.15, 0.2) is 53.4 Å². The number of nitro groups is 1. The van der Waals surface area contributed by atoms with Gasteiger partial charge in [-0.05, 0) is 43.0 Å². The van der Waals surface area contributed by atoms with E-state index < -0.39 is 27.0 Å². The molecule has 2 rings (SSSR count). The first-order valence-electron chi connectivity index (χ1n) is 10.1. The van der Waals surface area contributed by atoms with Crippen LogP contribution in [-0.2, 0) is 26.1 Å². The quantitative estimate of drug-likeness (QED) is 0.308. The predicted molar refractivity (Wildman–Crippen MR) is 117 cm³/mol.